The summed E-state index contributed by atoms with van der Waals surface area (Å²) in [5.41, 5.74) is 16.6. The number of fused-ring (bicyclic) bond motifs is 3. The molecule has 0 spiro atoms. The van der Waals surface area contributed by atoms with Crippen LogP contribution >= 0.6 is 0 Å². The molecule has 0 fully saturated rings. The molecule has 0 atom stereocenters. The van der Waals surface area contributed by atoms with Gasteiger partial charge in [0.05, 0.1) is 5.69 Å². The lowest BCUT2D eigenvalue weighted by Gasteiger charge is -2.30. The third-order valence-corrected chi connectivity index (χ3v) is 10.7. The first-order chi connectivity index (χ1) is 28.8. The van der Waals surface area contributed by atoms with E-state index in [1.807, 2.05) is 19.9 Å². The molecule has 0 saturated carbocycles. The van der Waals surface area contributed by atoms with Crippen LogP contribution in [0.15, 0.2) is 229 Å². The number of furan rings is 1. The van der Waals surface area contributed by atoms with Gasteiger partial charge in [-0.2, -0.15) is 0 Å². The van der Waals surface area contributed by atoms with Crippen molar-refractivity contribution < 1.29 is 4.42 Å². The molecule has 0 saturated heterocycles. The van der Waals surface area contributed by atoms with E-state index in [1.54, 1.807) is 0 Å². The second-order valence-corrected chi connectivity index (χ2v) is 14.1. The molecule has 2 heteroatoms. The van der Waals surface area contributed by atoms with E-state index in [9.17, 15) is 0 Å². The zero-order valence-corrected chi connectivity index (χ0v) is 32.7. The Bertz CT molecular complexity index is 2930. The molecule has 0 aliphatic carbocycles. The molecule has 1 aromatic heterocycles. The molecular weight excluding hydrogens is 703 g/mol. The van der Waals surface area contributed by atoms with Crippen LogP contribution in [0.4, 0.5) is 17.1 Å². The highest BCUT2D eigenvalue weighted by Gasteiger charge is 2.23. The zero-order chi connectivity index (χ0) is 39.3. The summed E-state index contributed by atoms with van der Waals surface area (Å²) in [6, 6.07) is 80.2. The highest BCUT2D eigenvalue weighted by Crippen LogP contribution is 2.48. The standard InChI is InChI=1S/C54H37NO.C2H6/c1-5-16-38(17-6-1)40-28-31-44(32-29-40)55(45-33-35-46(41-20-9-3-10-21-41)50(37-45)42-22-11-4-12-23-42)51-36-43(39-18-7-2-8-19-39)30-34-47(51)48-25-15-27-53-54(48)49-24-13-14-26-52(49)56-53;1-2/h1-37H;1-2H3. The fourth-order valence-electron chi connectivity index (χ4n) is 8.01. The number of hydrogen-bond acceptors (Lipinski definition) is 2. The summed E-state index contributed by atoms with van der Waals surface area (Å²) in [5, 5.41) is 2.22. The Kier molecular flexibility index (Phi) is 10.2. The van der Waals surface area contributed by atoms with Crippen LogP contribution in [-0.4, -0.2) is 0 Å². The zero-order valence-electron chi connectivity index (χ0n) is 32.7. The molecule has 278 valence electrons. The van der Waals surface area contributed by atoms with Crippen molar-refractivity contribution >= 4 is 39.0 Å². The number of para-hydroxylation sites is 1. The first-order valence-corrected chi connectivity index (χ1v) is 20.1. The average molecular weight is 746 g/mol. The van der Waals surface area contributed by atoms with E-state index in [1.165, 1.54) is 33.4 Å². The van der Waals surface area contributed by atoms with Gasteiger partial charge in [0.15, 0.2) is 0 Å². The van der Waals surface area contributed by atoms with Gasteiger partial charge in [0.2, 0.25) is 0 Å². The molecule has 58 heavy (non-hydrogen) atoms. The molecule has 0 amide bonds. The normalized spacial score (nSPS) is 10.9. The van der Waals surface area contributed by atoms with Crippen molar-refractivity contribution in [2.75, 3.05) is 4.90 Å². The second-order valence-electron chi connectivity index (χ2n) is 14.1. The van der Waals surface area contributed by atoms with E-state index in [4.69, 9.17) is 4.42 Å². The van der Waals surface area contributed by atoms with Crippen LogP contribution in [0.3, 0.4) is 0 Å². The van der Waals surface area contributed by atoms with Crippen LogP contribution in [-0.2, 0) is 0 Å². The van der Waals surface area contributed by atoms with E-state index in [0.717, 1.165) is 61.3 Å². The molecule has 10 rings (SSSR count). The fourth-order valence-corrected chi connectivity index (χ4v) is 8.01. The highest BCUT2D eigenvalue weighted by atomic mass is 16.3. The first-order valence-electron chi connectivity index (χ1n) is 20.1. The number of hydrogen-bond donors (Lipinski definition) is 0. The summed E-state index contributed by atoms with van der Waals surface area (Å²) in [4.78, 5) is 2.43. The Morgan fingerprint density at radius 2 is 0.793 bits per heavy atom. The van der Waals surface area contributed by atoms with Crippen LogP contribution in [0, 0.1) is 0 Å². The van der Waals surface area contributed by atoms with Crippen LogP contribution in [0.5, 0.6) is 0 Å². The lowest BCUT2D eigenvalue weighted by molar-refractivity contribution is 0.669. The van der Waals surface area contributed by atoms with Gasteiger partial charge >= 0.3 is 0 Å². The molecule has 2 nitrogen and oxygen atoms in total. The molecule has 1 heterocycles. The molecule has 0 N–H and O–H groups in total. The number of rotatable bonds is 8. The van der Waals surface area contributed by atoms with Gasteiger partial charge in [-0.15, -0.1) is 0 Å². The third-order valence-electron chi connectivity index (χ3n) is 10.7. The number of anilines is 3. The van der Waals surface area contributed by atoms with Gasteiger partial charge in [-0.05, 0) is 92.5 Å². The average Bonchev–Trinajstić information content (AvgIpc) is 3.70. The molecule has 0 aliphatic rings. The SMILES string of the molecule is CC.c1ccc(-c2ccc(N(c3ccc(-c4ccccc4)c(-c4ccccc4)c3)c3cc(-c4ccccc4)ccc3-c3cccc4oc5ccccc5c34)cc2)cc1. The minimum atomic E-state index is 0.874. The largest absolute Gasteiger partial charge is 0.456 e. The van der Waals surface area contributed by atoms with E-state index >= 15 is 0 Å². The Labute approximate surface area is 340 Å². The van der Waals surface area contributed by atoms with Crippen molar-refractivity contribution in [3.8, 4) is 55.6 Å². The van der Waals surface area contributed by atoms with Gasteiger partial charge in [-0.3, -0.25) is 0 Å². The van der Waals surface area contributed by atoms with E-state index in [2.05, 4.69) is 223 Å². The minimum Gasteiger partial charge on any atom is -0.456 e. The van der Waals surface area contributed by atoms with E-state index in [-0.39, 0.29) is 0 Å². The van der Waals surface area contributed by atoms with Gasteiger partial charge in [-0.25, -0.2) is 0 Å². The molecule has 0 aliphatic heterocycles. The van der Waals surface area contributed by atoms with E-state index < -0.39 is 0 Å². The second kappa shape index (κ2) is 16.4. The lowest BCUT2D eigenvalue weighted by atomic mass is 9.92. The third kappa shape index (κ3) is 6.97. The predicted octanol–water partition coefficient (Wildman–Crippen LogP) is 16.4. The monoisotopic (exact) mass is 745 g/mol. The van der Waals surface area contributed by atoms with Gasteiger partial charge in [-0.1, -0.05) is 196 Å². The smallest absolute Gasteiger partial charge is 0.136 e. The summed E-state index contributed by atoms with van der Waals surface area (Å²) in [6.45, 7) is 4.00. The van der Waals surface area contributed by atoms with Crippen molar-refractivity contribution in [1.82, 2.24) is 0 Å². The first kappa shape index (κ1) is 36.2. The Balaban J connectivity index is 0.00000215. The highest BCUT2D eigenvalue weighted by molar-refractivity contribution is 6.14. The summed E-state index contributed by atoms with van der Waals surface area (Å²) in [5.74, 6) is 0. The molecule has 0 bridgehead atoms. The Morgan fingerprint density at radius 1 is 0.310 bits per heavy atom. The maximum Gasteiger partial charge on any atom is 0.136 e. The molecule has 0 radical (unpaired) electrons. The fraction of sp³-hybridized carbons (Fsp3) is 0.0357. The van der Waals surface area contributed by atoms with Crippen LogP contribution in [0.1, 0.15) is 13.8 Å². The lowest BCUT2D eigenvalue weighted by Crippen LogP contribution is -2.12. The summed E-state index contributed by atoms with van der Waals surface area (Å²) in [7, 11) is 0. The summed E-state index contributed by atoms with van der Waals surface area (Å²) < 4.78 is 6.44. The maximum absolute atomic E-state index is 6.44. The van der Waals surface area contributed by atoms with Gasteiger partial charge in [0.25, 0.3) is 0 Å². The van der Waals surface area contributed by atoms with Crippen LogP contribution in [0.25, 0.3) is 77.6 Å². The summed E-state index contributed by atoms with van der Waals surface area (Å²) >= 11 is 0. The number of nitrogens with zero attached hydrogens (tertiary/aromatic N) is 1. The van der Waals surface area contributed by atoms with Crippen molar-refractivity contribution in [2.45, 2.75) is 13.8 Å². The maximum atomic E-state index is 6.44. The van der Waals surface area contributed by atoms with Crippen molar-refractivity contribution in [3.05, 3.63) is 224 Å². The topological polar surface area (TPSA) is 16.4 Å². The van der Waals surface area contributed by atoms with Gasteiger partial charge in [0.1, 0.15) is 11.2 Å². The quantitative estimate of drug-likeness (QED) is 0.154. The van der Waals surface area contributed by atoms with Gasteiger partial charge in [0, 0.05) is 27.7 Å². The van der Waals surface area contributed by atoms with Crippen molar-refractivity contribution in [3.63, 3.8) is 0 Å². The van der Waals surface area contributed by atoms with E-state index in [0.29, 0.717) is 0 Å². The van der Waals surface area contributed by atoms with Crippen molar-refractivity contribution in [2.24, 2.45) is 0 Å². The minimum absolute atomic E-state index is 0.874. The number of benzene rings is 9. The Hall–Kier alpha value is -7.42. The molecule has 10 aromatic rings. The summed E-state index contributed by atoms with van der Waals surface area (Å²) in [6.07, 6.45) is 0. The van der Waals surface area contributed by atoms with Gasteiger partial charge < -0.3 is 9.32 Å². The molecule has 0 unspecified atom stereocenters. The van der Waals surface area contributed by atoms with Crippen LogP contribution in [0.2, 0.25) is 0 Å². The van der Waals surface area contributed by atoms with Crippen molar-refractivity contribution in [1.29, 1.82) is 0 Å². The predicted molar refractivity (Wildman–Crippen MR) is 247 cm³/mol. The molecule has 9 aromatic carbocycles. The molecular formula is C56H43NO. The van der Waals surface area contributed by atoms with Crippen LogP contribution < -0.4 is 4.90 Å². The Morgan fingerprint density at radius 3 is 1.45 bits per heavy atom.